The molecule has 20 heavy (non-hydrogen) atoms. The quantitative estimate of drug-likeness (QED) is 0.663. The Bertz CT molecular complexity index is 422. The molecule has 2 rings (SSSR count). The van der Waals surface area contributed by atoms with Crippen LogP contribution in [0.15, 0.2) is 30.3 Å². The highest BCUT2D eigenvalue weighted by atomic mass is 16.1. The summed E-state index contributed by atoms with van der Waals surface area (Å²) in [6.07, 6.45) is 4.60. The van der Waals surface area contributed by atoms with Crippen molar-refractivity contribution in [2.24, 2.45) is 5.92 Å². The summed E-state index contributed by atoms with van der Waals surface area (Å²) in [6, 6.07) is 10.5. The number of benzene rings is 1. The standard InChI is InChI=1S/C18H27NO/c1-4-17(18(20)15-8-6-5-7-9-15)19(16-10-11-16)13-12-14(2)3/h5-9,14,16-17H,4,10-13H2,1-3H3. The Kier molecular flexibility index (Phi) is 5.36. The van der Waals surface area contributed by atoms with E-state index in [1.807, 2.05) is 30.3 Å². The molecule has 0 amide bonds. The van der Waals surface area contributed by atoms with Gasteiger partial charge in [-0.3, -0.25) is 9.69 Å². The summed E-state index contributed by atoms with van der Waals surface area (Å²) in [5.74, 6) is 0.990. The van der Waals surface area contributed by atoms with E-state index in [-0.39, 0.29) is 6.04 Å². The first-order valence-electron chi connectivity index (χ1n) is 7.98. The second kappa shape index (κ2) is 7.03. The smallest absolute Gasteiger partial charge is 0.179 e. The Balaban J connectivity index is 2.09. The number of ketones is 1. The van der Waals surface area contributed by atoms with Crippen LogP contribution in [0.5, 0.6) is 0 Å². The van der Waals surface area contributed by atoms with E-state index in [1.54, 1.807) is 0 Å². The number of hydrogen-bond donors (Lipinski definition) is 0. The molecule has 0 radical (unpaired) electrons. The van der Waals surface area contributed by atoms with E-state index < -0.39 is 0 Å². The van der Waals surface area contributed by atoms with Crippen molar-refractivity contribution >= 4 is 5.78 Å². The molecule has 1 aliphatic rings. The molecule has 2 heteroatoms. The summed E-state index contributed by atoms with van der Waals surface area (Å²) in [7, 11) is 0. The number of nitrogens with zero attached hydrogens (tertiary/aromatic N) is 1. The Labute approximate surface area is 123 Å². The van der Waals surface area contributed by atoms with Crippen LogP contribution >= 0.6 is 0 Å². The highest BCUT2D eigenvalue weighted by Crippen LogP contribution is 2.31. The first-order valence-corrected chi connectivity index (χ1v) is 7.98. The maximum atomic E-state index is 12.8. The van der Waals surface area contributed by atoms with E-state index in [0.717, 1.165) is 18.5 Å². The van der Waals surface area contributed by atoms with Crippen molar-refractivity contribution in [3.05, 3.63) is 35.9 Å². The maximum absolute atomic E-state index is 12.8. The van der Waals surface area contributed by atoms with E-state index in [9.17, 15) is 4.79 Å². The largest absolute Gasteiger partial charge is 0.292 e. The number of carbonyl (C=O) groups is 1. The van der Waals surface area contributed by atoms with Gasteiger partial charge in [0.25, 0.3) is 0 Å². The van der Waals surface area contributed by atoms with Crippen LogP contribution in [0.3, 0.4) is 0 Å². The predicted octanol–water partition coefficient (Wildman–Crippen LogP) is 4.16. The van der Waals surface area contributed by atoms with E-state index in [4.69, 9.17) is 0 Å². The van der Waals surface area contributed by atoms with E-state index in [1.165, 1.54) is 19.3 Å². The van der Waals surface area contributed by atoms with Crippen LogP contribution in [0.1, 0.15) is 56.8 Å². The molecule has 0 aliphatic heterocycles. The highest BCUT2D eigenvalue weighted by Gasteiger charge is 2.36. The number of Topliss-reactive ketones (excluding diaryl/α,β-unsaturated/α-hetero) is 1. The van der Waals surface area contributed by atoms with Crippen LogP contribution < -0.4 is 0 Å². The molecule has 1 saturated carbocycles. The minimum Gasteiger partial charge on any atom is -0.292 e. The lowest BCUT2D eigenvalue weighted by Gasteiger charge is -2.30. The summed E-state index contributed by atoms with van der Waals surface area (Å²) in [4.78, 5) is 15.2. The van der Waals surface area contributed by atoms with E-state index in [0.29, 0.717) is 17.7 Å². The summed E-state index contributed by atoms with van der Waals surface area (Å²) < 4.78 is 0. The molecule has 1 atom stereocenters. The monoisotopic (exact) mass is 273 g/mol. The SMILES string of the molecule is CCC(C(=O)c1ccccc1)N(CCC(C)C)C1CC1. The zero-order chi connectivity index (χ0) is 14.5. The summed E-state index contributed by atoms with van der Waals surface area (Å²) in [5.41, 5.74) is 0.856. The lowest BCUT2D eigenvalue weighted by Crippen LogP contribution is -2.43. The van der Waals surface area contributed by atoms with Gasteiger partial charge in [0.2, 0.25) is 0 Å². The lowest BCUT2D eigenvalue weighted by atomic mass is 9.99. The summed E-state index contributed by atoms with van der Waals surface area (Å²) in [6.45, 7) is 7.70. The van der Waals surface area contributed by atoms with Crippen LogP contribution in [0.2, 0.25) is 0 Å². The van der Waals surface area contributed by atoms with Crippen LogP contribution in [-0.4, -0.2) is 29.3 Å². The van der Waals surface area contributed by atoms with Gasteiger partial charge in [-0.05, 0) is 38.1 Å². The third kappa shape index (κ3) is 3.92. The van der Waals surface area contributed by atoms with Gasteiger partial charge in [-0.25, -0.2) is 0 Å². The lowest BCUT2D eigenvalue weighted by molar-refractivity contribution is 0.0788. The van der Waals surface area contributed by atoms with E-state index in [2.05, 4.69) is 25.7 Å². The molecule has 1 unspecified atom stereocenters. The summed E-state index contributed by atoms with van der Waals surface area (Å²) >= 11 is 0. The van der Waals surface area contributed by atoms with Gasteiger partial charge in [0, 0.05) is 11.6 Å². The topological polar surface area (TPSA) is 20.3 Å². The van der Waals surface area contributed by atoms with Gasteiger partial charge >= 0.3 is 0 Å². The number of hydrogen-bond acceptors (Lipinski definition) is 2. The molecule has 0 bridgehead atoms. The minimum absolute atomic E-state index is 0.0589. The van der Waals surface area contributed by atoms with Crippen molar-refractivity contribution in [3.8, 4) is 0 Å². The summed E-state index contributed by atoms with van der Waals surface area (Å²) in [5, 5.41) is 0. The predicted molar refractivity (Wildman–Crippen MR) is 84.0 cm³/mol. The first-order chi connectivity index (χ1) is 9.63. The van der Waals surface area contributed by atoms with Gasteiger partial charge in [0.05, 0.1) is 6.04 Å². The fourth-order valence-corrected chi connectivity index (χ4v) is 2.77. The van der Waals surface area contributed by atoms with Gasteiger partial charge in [-0.2, -0.15) is 0 Å². The molecular formula is C18H27NO. The molecule has 110 valence electrons. The Morgan fingerprint density at radius 3 is 2.40 bits per heavy atom. The average Bonchev–Trinajstić information content (AvgIpc) is 3.28. The van der Waals surface area contributed by atoms with Crippen LogP contribution in [0, 0.1) is 5.92 Å². The second-order valence-electron chi connectivity index (χ2n) is 6.31. The molecule has 0 N–H and O–H groups in total. The Morgan fingerprint density at radius 1 is 1.25 bits per heavy atom. The van der Waals surface area contributed by atoms with Gasteiger partial charge < -0.3 is 0 Å². The molecule has 1 aliphatic carbocycles. The third-order valence-electron chi connectivity index (χ3n) is 4.13. The fourth-order valence-electron chi connectivity index (χ4n) is 2.77. The average molecular weight is 273 g/mol. The van der Waals surface area contributed by atoms with E-state index >= 15 is 0 Å². The molecule has 1 aromatic carbocycles. The molecule has 0 aromatic heterocycles. The van der Waals surface area contributed by atoms with Gasteiger partial charge in [-0.1, -0.05) is 51.1 Å². The van der Waals surface area contributed by atoms with Crippen molar-refractivity contribution in [1.29, 1.82) is 0 Å². The maximum Gasteiger partial charge on any atom is 0.179 e. The first kappa shape index (κ1) is 15.2. The fraction of sp³-hybridized carbons (Fsp3) is 0.611. The Hall–Kier alpha value is -1.15. The molecule has 2 nitrogen and oxygen atoms in total. The molecule has 0 spiro atoms. The number of rotatable bonds is 8. The molecule has 0 saturated heterocycles. The van der Waals surface area contributed by atoms with Crippen molar-refractivity contribution in [3.63, 3.8) is 0 Å². The minimum atomic E-state index is 0.0589. The molecule has 1 fully saturated rings. The normalized spacial score (nSPS) is 16.6. The molecular weight excluding hydrogens is 246 g/mol. The van der Waals surface area contributed by atoms with Crippen molar-refractivity contribution in [2.45, 2.75) is 58.5 Å². The highest BCUT2D eigenvalue weighted by molar-refractivity contribution is 6.00. The second-order valence-corrected chi connectivity index (χ2v) is 6.31. The van der Waals surface area contributed by atoms with Gasteiger partial charge in [-0.15, -0.1) is 0 Å². The van der Waals surface area contributed by atoms with Crippen LogP contribution in [-0.2, 0) is 0 Å². The van der Waals surface area contributed by atoms with Gasteiger partial charge in [0.1, 0.15) is 0 Å². The van der Waals surface area contributed by atoms with Crippen LogP contribution in [0.4, 0.5) is 0 Å². The van der Waals surface area contributed by atoms with Gasteiger partial charge in [0.15, 0.2) is 5.78 Å². The van der Waals surface area contributed by atoms with Crippen molar-refractivity contribution < 1.29 is 4.79 Å². The Morgan fingerprint density at radius 2 is 1.90 bits per heavy atom. The van der Waals surface area contributed by atoms with Crippen molar-refractivity contribution in [1.82, 2.24) is 4.90 Å². The van der Waals surface area contributed by atoms with Crippen LogP contribution in [0.25, 0.3) is 0 Å². The zero-order valence-corrected chi connectivity index (χ0v) is 13.0. The number of carbonyl (C=O) groups excluding carboxylic acids is 1. The third-order valence-corrected chi connectivity index (χ3v) is 4.13. The van der Waals surface area contributed by atoms with Crippen molar-refractivity contribution in [2.75, 3.05) is 6.54 Å². The molecule has 1 aromatic rings. The molecule has 0 heterocycles. The zero-order valence-electron chi connectivity index (χ0n) is 13.0.